The fourth-order valence-corrected chi connectivity index (χ4v) is 4.16. The highest BCUT2D eigenvalue weighted by Crippen LogP contribution is 2.26. The summed E-state index contributed by atoms with van der Waals surface area (Å²) in [4.78, 5) is 32.5. The summed E-state index contributed by atoms with van der Waals surface area (Å²) in [6.07, 6.45) is 0. The second-order valence-electron chi connectivity index (χ2n) is 6.52. The number of thioether (sulfide) groups is 1. The van der Waals surface area contributed by atoms with Crippen LogP contribution in [0, 0.1) is 0 Å². The van der Waals surface area contributed by atoms with E-state index in [1.807, 2.05) is 51.1 Å². The summed E-state index contributed by atoms with van der Waals surface area (Å²) in [5, 5.41) is 0.662. The quantitative estimate of drug-likeness (QED) is 0.438. The van der Waals surface area contributed by atoms with Gasteiger partial charge in [-0.25, -0.2) is 4.98 Å². The third-order valence-electron chi connectivity index (χ3n) is 4.78. The van der Waals surface area contributed by atoms with Crippen molar-refractivity contribution in [1.82, 2.24) is 14.5 Å². The van der Waals surface area contributed by atoms with Crippen LogP contribution in [0.5, 0.6) is 5.75 Å². The van der Waals surface area contributed by atoms with Crippen LogP contribution < -0.4 is 10.3 Å². The number of methoxy groups -OCH3 is 1. The Morgan fingerprint density at radius 3 is 2.41 bits per heavy atom. The number of carbonyl (C=O) groups is 1. The molecule has 6 nitrogen and oxygen atoms in total. The third-order valence-corrected chi connectivity index (χ3v) is 5.82. The molecule has 1 heterocycles. The maximum Gasteiger partial charge on any atom is 0.266 e. The van der Waals surface area contributed by atoms with Gasteiger partial charge in [-0.3, -0.25) is 14.2 Å². The fourth-order valence-electron chi connectivity index (χ4n) is 3.15. The van der Waals surface area contributed by atoms with E-state index in [1.165, 1.54) is 11.8 Å². The SMILES string of the molecule is CCN(CC)C(=O)[C@@H](C)Sc1nc2ccccc2c(=O)n1-c1ccc(OC)cc1. The van der Waals surface area contributed by atoms with E-state index in [9.17, 15) is 9.59 Å². The van der Waals surface area contributed by atoms with Crippen molar-refractivity contribution in [2.24, 2.45) is 0 Å². The van der Waals surface area contributed by atoms with Gasteiger partial charge in [0.2, 0.25) is 5.91 Å². The van der Waals surface area contributed by atoms with Crippen LogP contribution in [0.2, 0.25) is 0 Å². The summed E-state index contributed by atoms with van der Waals surface area (Å²) in [5.74, 6) is 0.735. The lowest BCUT2D eigenvalue weighted by Gasteiger charge is -2.23. The number of para-hydroxylation sites is 1. The second kappa shape index (κ2) is 9.13. The maximum atomic E-state index is 13.3. The zero-order valence-electron chi connectivity index (χ0n) is 17.1. The molecule has 0 saturated heterocycles. The highest BCUT2D eigenvalue weighted by atomic mass is 32.2. The normalized spacial score (nSPS) is 12.0. The molecule has 3 rings (SSSR count). The molecule has 0 aliphatic heterocycles. The van der Waals surface area contributed by atoms with E-state index in [1.54, 1.807) is 34.8 Å². The Kier molecular flexibility index (Phi) is 6.59. The average Bonchev–Trinajstić information content (AvgIpc) is 2.75. The van der Waals surface area contributed by atoms with E-state index in [4.69, 9.17) is 9.72 Å². The minimum Gasteiger partial charge on any atom is -0.497 e. The molecular formula is C22H25N3O3S. The van der Waals surface area contributed by atoms with Crippen LogP contribution in [0.3, 0.4) is 0 Å². The molecular weight excluding hydrogens is 386 g/mol. The first kappa shape index (κ1) is 20.9. The lowest BCUT2D eigenvalue weighted by molar-refractivity contribution is -0.129. The lowest BCUT2D eigenvalue weighted by Crippen LogP contribution is -2.36. The highest BCUT2D eigenvalue weighted by molar-refractivity contribution is 8.00. The molecule has 3 aromatic rings. The second-order valence-corrected chi connectivity index (χ2v) is 7.83. The summed E-state index contributed by atoms with van der Waals surface area (Å²) < 4.78 is 6.79. The summed E-state index contributed by atoms with van der Waals surface area (Å²) >= 11 is 1.30. The van der Waals surface area contributed by atoms with Gasteiger partial charge < -0.3 is 9.64 Å². The molecule has 0 bridgehead atoms. The molecule has 1 amide bonds. The van der Waals surface area contributed by atoms with E-state index < -0.39 is 0 Å². The van der Waals surface area contributed by atoms with Crippen LogP contribution in [0.25, 0.3) is 16.6 Å². The Morgan fingerprint density at radius 1 is 1.14 bits per heavy atom. The minimum absolute atomic E-state index is 0.0312. The Balaban J connectivity index is 2.11. The number of ether oxygens (including phenoxy) is 1. The Hall–Kier alpha value is -2.80. The van der Waals surface area contributed by atoms with Crippen molar-refractivity contribution in [3.63, 3.8) is 0 Å². The van der Waals surface area contributed by atoms with Crippen LogP contribution in [0.1, 0.15) is 20.8 Å². The van der Waals surface area contributed by atoms with Gasteiger partial charge in [0.05, 0.1) is 29.0 Å². The van der Waals surface area contributed by atoms with Crippen molar-refractivity contribution in [3.8, 4) is 11.4 Å². The van der Waals surface area contributed by atoms with Crippen molar-refractivity contribution in [2.45, 2.75) is 31.2 Å². The lowest BCUT2D eigenvalue weighted by atomic mass is 10.2. The number of fused-ring (bicyclic) bond motifs is 1. The zero-order valence-corrected chi connectivity index (χ0v) is 17.9. The van der Waals surface area contributed by atoms with Gasteiger partial charge in [-0.05, 0) is 57.2 Å². The van der Waals surface area contributed by atoms with Gasteiger partial charge in [-0.2, -0.15) is 0 Å². The van der Waals surface area contributed by atoms with E-state index in [2.05, 4.69) is 0 Å². The summed E-state index contributed by atoms with van der Waals surface area (Å²) in [6, 6.07) is 14.5. The van der Waals surface area contributed by atoms with Crippen molar-refractivity contribution < 1.29 is 9.53 Å². The maximum absolute atomic E-state index is 13.3. The number of aromatic nitrogens is 2. The largest absolute Gasteiger partial charge is 0.497 e. The van der Waals surface area contributed by atoms with Gasteiger partial charge in [0, 0.05) is 13.1 Å². The van der Waals surface area contributed by atoms with Gasteiger partial charge in [0.15, 0.2) is 5.16 Å². The predicted molar refractivity (Wildman–Crippen MR) is 117 cm³/mol. The number of rotatable bonds is 7. The molecule has 29 heavy (non-hydrogen) atoms. The van der Waals surface area contributed by atoms with Crippen LogP contribution in [0.15, 0.2) is 58.5 Å². The van der Waals surface area contributed by atoms with Gasteiger partial charge in [0.25, 0.3) is 5.56 Å². The highest BCUT2D eigenvalue weighted by Gasteiger charge is 2.23. The van der Waals surface area contributed by atoms with Crippen molar-refractivity contribution >= 4 is 28.6 Å². The molecule has 0 aliphatic rings. The number of carbonyl (C=O) groups excluding carboxylic acids is 1. The molecule has 2 aromatic carbocycles. The predicted octanol–water partition coefficient (Wildman–Crippen LogP) is 3.74. The van der Waals surface area contributed by atoms with Crippen LogP contribution in [0.4, 0.5) is 0 Å². The van der Waals surface area contributed by atoms with E-state index in [0.717, 1.165) is 0 Å². The van der Waals surface area contributed by atoms with Gasteiger partial charge in [0.1, 0.15) is 5.75 Å². The topological polar surface area (TPSA) is 64.4 Å². The molecule has 1 atom stereocenters. The molecule has 152 valence electrons. The van der Waals surface area contributed by atoms with Gasteiger partial charge >= 0.3 is 0 Å². The number of benzene rings is 2. The third kappa shape index (κ3) is 4.29. The molecule has 0 radical (unpaired) electrons. The monoisotopic (exact) mass is 411 g/mol. The van der Waals surface area contributed by atoms with Crippen molar-refractivity contribution in [2.75, 3.05) is 20.2 Å². The molecule has 0 spiro atoms. The number of hydrogen-bond donors (Lipinski definition) is 0. The van der Waals surface area contributed by atoms with Crippen molar-refractivity contribution in [1.29, 1.82) is 0 Å². The number of nitrogens with zero attached hydrogens (tertiary/aromatic N) is 3. The van der Waals surface area contributed by atoms with Crippen LogP contribution in [-0.2, 0) is 4.79 Å². The van der Waals surface area contributed by atoms with E-state index >= 15 is 0 Å². The zero-order chi connectivity index (χ0) is 21.0. The summed E-state index contributed by atoms with van der Waals surface area (Å²) in [6.45, 7) is 7.07. The van der Waals surface area contributed by atoms with E-state index in [0.29, 0.717) is 40.6 Å². The first-order valence-electron chi connectivity index (χ1n) is 9.61. The number of hydrogen-bond acceptors (Lipinski definition) is 5. The molecule has 0 saturated carbocycles. The minimum atomic E-state index is -0.368. The molecule has 0 unspecified atom stereocenters. The first-order valence-corrected chi connectivity index (χ1v) is 10.5. The Labute approximate surface area is 174 Å². The van der Waals surface area contributed by atoms with Crippen LogP contribution in [-0.4, -0.2) is 45.8 Å². The summed E-state index contributed by atoms with van der Waals surface area (Å²) in [5.41, 5.74) is 1.14. The standard InChI is InChI=1S/C22H25N3O3S/c1-5-24(6-2)20(26)15(3)29-22-23-19-10-8-7-9-18(19)21(27)25(22)16-11-13-17(28-4)14-12-16/h7-15H,5-6H2,1-4H3/t15-/m1/s1. The fraction of sp³-hybridized carbons (Fsp3) is 0.318. The average molecular weight is 412 g/mol. The number of amides is 1. The molecule has 0 N–H and O–H groups in total. The Morgan fingerprint density at radius 2 is 1.79 bits per heavy atom. The Bertz CT molecular complexity index is 1060. The smallest absolute Gasteiger partial charge is 0.266 e. The van der Waals surface area contributed by atoms with Gasteiger partial charge in [-0.15, -0.1) is 0 Å². The van der Waals surface area contributed by atoms with Crippen LogP contribution >= 0.6 is 11.8 Å². The molecule has 0 fully saturated rings. The van der Waals surface area contributed by atoms with Gasteiger partial charge in [-0.1, -0.05) is 23.9 Å². The summed E-state index contributed by atoms with van der Waals surface area (Å²) in [7, 11) is 1.60. The molecule has 7 heteroatoms. The molecule has 0 aliphatic carbocycles. The van der Waals surface area contributed by atoms with E-state index in [-0.39, 0.29) is 16.7 Å². The first-order chi connectivity index (χ1) is 14.0. The molecule has 1 aromatic heterocycles. The van der Waals surface area contributed by atoms with Crippen molar-refractivity contribution in [3.05, 3.63) is 58.9 Å².